The normalized spacial score (nSPS) is 17.6. The van der Waals surface area contributed by atoms with E-state index in [2.05, 4.69) is 6.92 Å². The quantitative estimate of drug-likeness (QED) is 0.496. The van der Waals surface area contributed by atoms with Gasteiger partial charge in [-0.2, -0.15) is 0 Å². The van der Waals surface area contributed by atoms with Gasteiger partial charge in [-0.3, -0.25) is 4.79 Å². The van der Waals surface area contributed by atoms with Crippen LogP contribution in [0, 0.1) is 5.92 Å². The Morgan fingerprint density at radius 3 is 2.21 bits per heavy atom. The fraction of sp³-hybridized carbons (Fsp3) is 0.938. The molecular formula is C16H32N2O. The molecule has 0 aromatic rings. The number of rotatable bonds is 9. The average molecular weight is 268 g/mol. The molecule has 0 aliphatic heterocycles. The molecule has 0 atom stereocenters. The van der Waals surface area contributed by atoms with E-state index in [9.17, 15) is 4.79 Å². The summed E-state index contributed by atoms with van der Waals surface area (Å²) in [6.07, 6.45) is 13.4. The highest BCUT2D eigenvalue weighted by Gasteiger charge is 2.34. The van der Waals surface area contributed by atoms with E-state index in [1.165, 1.54) is 32.1 Å². The highest BCUT2D eigenvalue weighted by atomic mass is 16.1. The highest BCUT2D eigenvalue weighted by molar-refractivity contribution is 5.89. The molecule has 1 rings (SSSR count). The van der Waals surface area contributed by atoms with Crippen LogP contribution in [0.25, 0.3) is 0 Å². The Labute approximate surface area is 118 Å². The molecule has 19 heavy (non-hydrogen) atoms. The van der Waals surface area contributed by atoms with Gasteiger partial charge in [-0.05, 0) is 25.7 Å². The lowest BCUT2D eigenvalue weighted by molar-refractivity contribution is -0.129. The lowest BCUT2D eigenvalue weighted by atomic mass is 9.80. The topological polar surface area (TPSA) is 69.1 Å². The summed E-state index contributed by atoms with van der Waals surface area (Å²) in [6, 6.07) is 0. The molecule has 0 aromatic carbocycles. The summed E-state index contributed by atoms with van der Waals surface area (Å²) in [4.78, 5) is 12.3. The molecular weight excluding hydrogens is 236 g/mol. The van der Waals surface area contributed by atoms with Crippen molar-refractivity contribution in [3.63, 3.8) is 0 Å². The van der Waals surface area contributed by atoms with Gasteiger partial charge >= 0.3 is 0 Å². The maximum Gasteiger partial charge on any atom is 0.170 e. The largest absolute Gasteiger partial charge is 0.307 e. The van der Waals surface area contributed by atoms with Crippen LogP contribution in [0.2, 0.25) is 0 Å². The zero-order valence-electron chi connectivity index (χ0n) is 12.6. The molecule has 0 radical (unpaired) electrons. The van der Waals surface area contributed by atoms with Gasteiger partial charge in [0.1, 0.15) is 5.66 Å². The maximum absolute atomic E-state index is 12.3. The van der Waals surface area contributed by atoms with Gasteiger partial charge in [-0.1, -0.05) is 58.3 Å². The minimum Gasteiger partial charge on any atom is -0.307 e. The zero-order chi connectivity index (χ0) is 14.1. The van der Waals surface area contributed by atoms with Crippen molar-refractivity contribution >= 4 is 5.78 Å². The van der Waals surface area contributed by atoms with Gasteiger partial charge < -0.3 is 11.5 Å². The molecule has 1 saturated carbocycles. The van der Waals surface area contributed by atoms with Crippen LogP contribution >= 0.6 is 0 Å². The minimum atomic E-state index is -1.08. The minimum absolute atomic E-state index is 0.112. The summed E-state index contributed by atoms with van der Waals surface area (Å²) in [5.74, 6) is 0.240. The summed E-state index contributed by atoms with van der Waals surface area (Å²) >= 11 is 0. The molecule has 0 amide bonds. The first kappa shape index (κ1) is 16.6. The molecule has 1 fully saturated rings. The zero-order valence-corrected chi connectivity index (χ0v) is 12.6. The van der Waals surface area contributed by atoms with Crippen LogP contribution in [0.3, 0.4) is 0 Å². The second-order valence-electron chi connectivity index (χ2n) is 6.26. The molecule has 0 aromatic heterocycles. The van der Waals surface area contributed by atoms with Crippen molar-refractivity contribution in [2.24, 2.45) is 17.4 Å². The van der Waals surface area contributed by atoms with Gasteiger partial charge in [-0.25, -0.2) is 0 Å². The summed E-state index contributed by atoms with van der Waals surface area (Å²) in [5, 5.41) is 0. The lowest BCUT2D eigenvalue weighted by Crippen LogP contribution is -2.58. The number of hydrogen-bond donors (Lipinski definition) is 2. The molecule has 3 heteroatoms. The molecule has 1 aliphatic carbocycles. The SMILES string of the molecule is CCCCCCCCC(N)(N)C(=O)C1CCCCC1. The number of hydrogen-bond acceptors (Lipinski definition) is 3. The first-order valence-corrected chi connectivity index (χ1v) is 8.20. The number of Topliss-reactive ketones (excluding diaryl/α,β-unsaturated/α-hetero) is 1. The van der Waals surface area contributed by atoms with E-state index in [0.29, 0.717) is 6.42 Å². The van der Waals surface area contributed by atoms with Crippen LogP contribution in [0.1, 0.15) is 84.0 Å². The van der Waals surface area contributed by atoms with Crippen LogP contribution in [0.4, 0.5) is 0 Å². The Morgan fingerprint density at radius 1 is 1.00 bits per heavy atom. The van der Waals surface area contributed by atoms with Crippen molar-refractivity contribution in [2.45, 2.75) is 89.6 Å². The molecule has 0 bridgehead atoms. The lowest BCUT2D eigenvalue weighted by Gasteiger charge is -2.30. The smallest absolute Gasteiger partial charge is 0.170 e. The van der Waals surface area contributed by atoms with Crippen molar-refractivity contribution in [3.8, 4) is 0 Å². The third-order valence-electron chi connectivity index (χ3n) is 4.38. The maximum atomic E-state index is 12.3. The number of carbonyl (C=O) groups is 1. The Balaban J connectivity index is 2.23. The van der Waals surface area contributed by atoms with E-state index < -0.39 is 5.66 Å². The Morgan fingerprint density at radius 2 is 1.58 bits per heavy atom. The third kappa shape index (κ3) is 6.05. The van der Waals surface area contributed by atoms with Crippen molar-refractivity contribution < 1.29 is 4.79 Å². The van der Waals surface area contributed by atoms with Crippen molar-refractivity contribution in [2.75, 3.05) is 0 Å². The standard InChI is InChI=1S/C16H32N2O/c1-2-3-4-5-6-10-13-16(17,18)15(19)14-11-8-7-9-12-14/h14H,2-13,17-18H2,1H3. The fourth-order valence-electron chi connectivity index (χ4n) is 3.07. The summed E-state index contributed by atoms with van der Waals surface area (Å²) in [7, 11) is 0. The first-order chi connectivity index (χ1) is 9.08. The molecule has 0 unspecified atom stereocenters. The Kier molecular flexibility index (Phi) is 7.62. The molecule has 0 spiro atoms. The second-order valence-corrected chi connectivity index (χ2v) is 6.26. The predicted octanol–water partition coefficient (Wildman–Crippen LogP) is 3.50. The van der Waals surface area contributed by atoms with Gasteiger partial charge in [0.05, 0.1) is 0 Å². The molecule has 112 valence electrons. The number of unbranched alkanes of at least 4 members (excludes halogenated alkanes) is 5. The monoisotopic (exact) mass is 268 g/mol. The van der Waals surface area contributed by atoms with Crippen LogP contribution in [-0.2, 0) is 4.79 Å². The third-order valence-corrected chi connectivity index (χ3v) is 4.38. The average Bonchev–Trinajstić information content (AvgIpc) is 2.43. The van der Waals surface area contributed by atoms with Gasteiger partial charge in [0.15, 0.2) is 5.78 Å². The number of nitrogens with two attached hydrogens (primary N) is 2. The molecule has 0 heterocycles. The number of carbonyl (C=O) groups excluding carboxylic acids is 1. The van der Waals surface area contributed by atoms with Crippen LogP contribution < -0.4 is 11.5 Å². The molecule has 4 N–H and O–H groups in total. The fourth-order valence-corrected chi connectivity index (χ4v) is 3.07. The van der Waals surface area contributed by atoms with E-state index >= 15 is 0 Å². The van der Waals surface area contributed by atoms with Crippen LogP contribution in [0.5, 0.6) is 0 Å². The predicted molar refractivity (Wildman–Crippen MR) is 80.7 cm³/mol. The van der Waals surface area contributed by atoms with E-state index in [1.807, 2.05) is 0 Å². The van der Waals surface area contributed by atoms with Gasteiger partial charge in [-0.15, -0.1) is 0 Å². The molecule has 3 nitrogen and oxygen atoms in total. The Hall–Kier alpha value is -0.410. The summed E-state index contributed by atoms with van der Waals surface area (Å²) in [6.45, 7) is 2.22. The molecule has 1 aliphatic rings. The van der Waals surface area contributed by atoms with Crippen LogP contribution in [0.15, 0.2) is 0 Å². The van der Waals surface area contributed by atoms with E-state index in [-0.39, 0.29) is 11.7 Å². The summed E-state index contributed by atoms with van der Waals surface area (Å²) in [5.41, 5.74) is 11.0. The molecule has 0 saturated heterocycles. The van der Waals surface area contributed by atoms with Gasteiger partial charge in [0.25, 0.3) is 0 Å². The van der Waals surface area contributed by atoms with E-state index in [4.69, 9.17) is 11.5 Å². The van der Waals surface area contributed by atoms with Gasteiger partial charge in [0.2, 0.25) is 0 Å². The highest BCUT2D eigenvalue weighted by Crippen LogP contribution is 2.27. The summed E-state index contributed by atoms with van der Waals surface area (Å²) < 4.78 is 0. The second kappa shape index (κ2) is 8.70. The van der Waals surface area contributed by atoms with Crippen molar-refractivity contribution in [3.05, 3.63) is 0 Å². The van der Waals surface area contributed by atoms with E-state index in [0.717, 1.165) is 38.5 Å². The Bertz CT molecular complexity index is 257. The van der Waals surface area contributed by atoms with Gasteiger partial charge in [0, 0.05) is 5.92 Å². The van der Waals surface area contributed by atoms with Crippen molar-refractivity contribution in [1.82, 2.24) is 0 Å². The first-order valence-electron chi connectivity index (χ1n) is 8.20. The van der Waals surface area contributed by atoms with Crippen molar-refractivity contribution in [1.29, 1.82) is 0 Å². The number of ketones is 1. The van der Waals surface area contributed by atoms with E-state index in [1.54, 1.807) is 0 Å². The van der Waals surface area contributed by atoms with Crippen LogP contribution in [-0.4, -0.2) is 11.4 Å².